The molecule has 1 heterocycles. The Labute approximate surface area is 154 Å². The molecule has 0 saturated carbocycles. The zero-order valence-corrected chi connectivity index (χ0v) is 15.9. The summed E-state index contributed by atoms with van der Waals surface area (Å²) in [6.45, 7) is 6.80. The van der Waals surface area contributed by atoms with Gasteiger partial charge in [0.15, 0.2) is 11.5 Å². The van der Waals surface area contributed by atoms with E-state index >= 15 is 0 Å². The number of benzene rings is 1. The van der Waals surface area contributed by atoms with Crippen LogP contribution in [-0.2, 0) is 4.79 Å². The van der Waals surface area contributed by atoms with Crippen LogP contribution in [-0.4, -0.2) is 44.2 Å². The lowest BCUT2D eigenvalue weighted by Crippen LogP contribution is -2.28. The van der Waals surface area contributed by atoms with Gasteiger partial charge in [-0.15, -0.1) is 0 Å². The first-order chi connectivity index (χ1) is 11.9. The smallest absolute Gasteiger partial charge is 0.246 e. The molecule has 1 aliphatic rings. The molecule has 0 bridgehead atoms. The van der Waals surface area contributed by atoms with Crippen LogP contribution in [0.5, 0.6) is 11.5 Å². The maximum Gasteiger partial charge on any atom is 0.246 e. The van der Waals surface area contributed by atoms with Crippen LogP contribution in [0, 0.1) is 11.8 Å². The molecule has 2 rings (SSSR count). The fraction of sp³-hybridized carbons (Fsp3) is 0.526. The summed E-state index contributed by atoms with van der Waals surface area (Å²) in [5.74, 6) is 1.88. The number of hydrogen-bond donors (Lipinski definition) is 1. The Morgan fingerprint density at radius 1 is 1.48 bits per heavy atom. The molecule has 0 aromatic heterocycles. The number of carbonyl (C=O) groups excluding carboxylic acids is 1. The minimum absolute atomic E-state index is 0.00817. The largest absolute Gasteiger partial charge is 0.493 e. The van der Waals surface area contributed by atoms with E-state index in [4.69, 9.17) is 26.8 Å². The normalized spacial score (nSPS) is 17.5. The highest BCUT2D eigenvalue weighted by atomic mass is 35.5. The summed E-state index contributed by atoms with van der Waals surface area (Å²) in [6, 6.07) is 3.59. The van der Waals surface area contributed by atoms with Gasteiger partial charge >= 0.3 is 0 Å². The van der Waals surface area contributed by atoms with Gasteiger partial charge in [0.1, 0.15) is 0 Å². The molecule has 0 radical (unpaired) electrons. The molecule has 1 aromatic carbocycles. The summed E-state index contributed by atoms with van der Waals surface area (Å²) >= 11 is 6.33. The van der Waals surface area contributed by atoms with E-state index in [0.717, 1.165) is 25.1 Å². The van der Waals surface area contributed by atoms with Crippen molar-refractivity contribution in [3.05, 3.63) is 28.8 Å². The van der Waals surface area contributed by atoms with E-state index in [-0.39, 0.29) is 5.91 Å². The van der Waals surface area contributed by atoms with Crippen molar-refractivity contribution in [2.45, 2.75) is 20.3 Å². The summed E-state index contributed by atoms with van der Waals surface area (Å²) in [4.78, 5) is 14.1. The third-order valence-corrected chi connectivity index (χ3v) is 4.44. The molecule has 1 saturated heterocycles. The van der Waals surface area contributed by atoms with Crippen molar-refractivity contribution < 1.29 is 14.3 Å². The zero-order valence-electron chi connectivity index (χ0n) is 15.1. The number of methoxy groups -OCH3 is 1. The van der Waals surface area contributed by atoms with Crippen molar-refractivity contribution in [2.24, 2.45) is 17.6 Å². The molecule has 0 aliphatic carbocycles. The van der Waals surface area contributed by atoms with Gasteiger partial charge in [0.2, 0.25) is 5.91 Å². The van der Waals surface area contributed by atoms with Crippen molar-refractivity contribution in [3.8, 4) is 11.5 Å². The second-order valence-corrected chi connectivity index (χ2v) is 7.15. The van der Waals surface area contributed by atoms with Crippen LogP contribution in [0.4, 0.5) is 0 Å². The minimum atomic E-state index is -0.00817. The van der Waals surface area contributed by atoms with E-state index in [0.29, 0.717) is 41.5 Å². The molecule has 5 nitrogen and oxygen atoms in total. The molecular weight excluding hydrogens is 340 g/mol. The second kappa shape index (κ2) is 9.11. The summed E-state index contributed by atoms with van der Waals surface area (Å²) in [6.07, 6.45) is 4.29. The highest BCUT2D eigenvalue weighted by molar-refractivity contribution is 6.32. The average molecular weight is 367 g/mol. The molecule has 1 aromatic rings. The number of hydrogen-bond acceptors (Lipinski definition) is 4. The average Bonchev–Trinajstić information content (AvgIpc) is 3.07. The number of carbonyl (C=O) groups is 1. The van der Waals surface area contributed by atoms with Crippen LogP contribution in [0.1, 0.15) is 25.8 Å². The first kappa shape index (κ1) is 19.6. The molecular formula is C19H27ClN2O3. The summed E-state index contributed by atoms with van der Waals surface area (Å²) in [7, 11) is 1.57. The molecule has 1 fully saturated rings. The van der Waals surface area contributed by atoms with Gasteiger partial charge in [-0.3, -0.25) is 4.79 Å². The fourth-order valence-corrected chi connectivity index (χ4v) is 3.00. The monoisotopic (exact) mass is 366 g/mol. The second-order valence-electron chi connectivity index (χ2n) is 6.75. The highest BCUT2D eigenvalue weighted by Gasteiger charge is 2.23. The fourth-order valence-electron chi connectivity index (χ4n) is 2.72. The van der Waals surface area contributed by atoms with Crippen molar-refractivity contribution >= 4 is 23.6 Å². The van der Waals surface area contributed by atoms with Gasteiger partial charge in [0, 0.05) is 19.2 Å². The molecule has 0 spiro atoms. The third-order valence-electron chi connectivity index (χ3n) is 4.16. The zero-order chi connectivity index (χ0) is 18.4. The Hall–Kier alpha value is -1.72. The molecule has 2 N–H and O–H groups in total. The topological polar surface area (TPSA) is 64.8 Å². The molecule has 1 atom stereocenters. The summed E-state index contributed by atoms with van der Waals surface area (Å²) in [5.41, 5.74) is 6.46. The van der Waals surface area contributed by atoms with Crippen molar-refractivity contribution in [1.82, 2.24) is 4.90 Å². The van der Waals surface area contributed by atoms with Crippen LogP contribution in [0.25, 0.3) is 6.08 Å². The SMILES string of the molecule is COc1cc(C=CC(=O)N2CCC(CN)C2)cc(Cl)c1OCC(C)C. The lowest BCUT2D eigenvalue weighted by Gasteiger charge is -2.15. The van der Waals surface area contributed by atoms with E-state index in [2.05, 4.69) is 13.8 Å². The highest BCUT2D eigenvalue weighted by Crippen LogP contribution is 2.37. The van der Waals surface area contributed by atoms with Crippen molar-refractivity contribution in [2.75, 3.05) is 33.4 Å². The number of likely N-dealkylation sites (tertiary alicyclic amines) is 1. The number of rotatable bonds is 7. The van der Waals surface area contributed by atoms with E-state index in [1.807, 2.05) is 11.0 Å². The van der Waals surface area contributed by atoms with Crippen molar-refractivity contribution in [3.63, 3.8) is 0 Å². The predicted molar refractivity (Wildman–Crippen MR) is 101 cm³/mol. The maximum absolute atomic E-state index is 12.3. The minimum Gasteiger partial charge on any atom is -0.493 e. The third kappa shape index (κ3) is 5.38. The van der Waals surface area contributed by atoms with E-state index < -0.39 is 0 Å². The van der Waals surface area contributed by atoms with Crippen LogP contribution in [0.2, 0.25) is 5.02 Å². The molecule has 1 aliphatic heterocycles. The van der Waals surface area contributed by atoms with Gasteiger partial charge in [-0.05, 0) is 48.6 Å². The predicted octanol–water partition coefficient (Wildman–Crippen LogP) is 3.20. The van der Waals surface area contributed by atoms with Crippen LogP contribution in [0.15, 0.2) is 18.2 Å². The Kier molecular flexibility index (Phi) is 7.14. The van der Waals surface area contributed by atoms with Crippen molar-refractivity contribution in [1.29, 1.82) is 0 Å². The van der Waals surface area contributed by atoms with Gasteiger partial charge in [0.25, 0.3) is 0 Å². The first-order valence-electron chi connectivity index (χ1n) is 8.62. The Bertz CT molecular complexity index is 631. The Balaban J connectivity index is 2.09. The van der Waals surface area contributed by atoms with E-state index in [1.54, 1.807) is 25.3 Å². The molecule has 6 heteroatoms. The number of nitrogens with zero attached hydrogens (tertiary/aromatic N) is 1. The van der Waals surface area contributed by atoms with Gasteiger partial charge in [0.05, 0.1) is 18.7 Å². The maximum atomic E-state index is 12.3. The Morgan fingerprint density at radius 3 is 2.84 bits per heavy atom. The standard InChI is InChI=1S/C19H27ClN2O3/c1-13(2)12-25-19-16(20)8-14(9-17(19)24-3)4-5-18(23)22-7-6-15(10-21)11-22/h4-5,8-9,13,15H,6-7,10-12,21H2,1-3H3. The van der Waals surface area contributed by atoms with Gasteiger partial charge in [-0.1, -0.05) is 25.4 Å². The lowest BCUT2D eigenvalue weighted by atomic mass is 10.1. The van der Waals surface area contributed by atoms with Crippen LogP contribution in [0.3, 0.4) is 0 Å². The van der Waals surface area contributed by atoms with Gasteiger partial charge < -0.3 is 20.1 Å². The van der Waals surface area contributed by atoms with Crippen LogP contribution < -0.4 is 15.2 Å². The number of nitrogens with two attached hydrogens (primary N) is 1. The van der Waals surface area contributed by atoms with E-state index in [1.165, 1.54) is 0 Å². The first-order valence-corrected chi connectivity index (χ1v) is 8.99. The lowest BCUT2D eigenvalue weighted by molar-refractivity contribution is -0.125. The molecule has 138 valence electrons. The van der Waals surface area contributed by atoms with E-state index in [9.17, 15) is 4.79 Å². The van der Waals surface area contributed by atoms with Gasteiger partial charge in [-0.25, -0.2) is 0 Å². The molecule has 1 amide bonds. The molecule has 1 unspecified atom stereocenters. The number of ether oxygens (including phenoxy) is 2. The molecule has 25 heavy (non-hydrogen) atoms. The quantitative estimate of drug-likeness (QED) is 0.752. The summed E-state index contributed by atoms with van der Waals surface area (Å²) < 4.78 is 11.1. The number of amides is 1. The van der Waals surface area contributed by atoms with Gasteiger partial charge in [-0.2, -0.15) is 0 Å². The Morgan fingerprint density at radius 2 is 2.24 bits per heavy atom. The number of halogens is 1. The summed E-state index contributed by atoms with van der Waals surface area (Å²) in [5, 5.41) is 0.469. The van der Waals surface area contributed by atoms with Crippen LogP contribution >= 0.6 is 11.6 Å².